The van der Waals surface area contributed by atoms with Crippen molar-refractivity contribution in [3.05, 3.63) is 0 Å². The van der Waals surface area contributed by atoms with Crippen molar-refractivity contribution in [3.8, 4) is 0 Å². The normalized spacial score (nSPS) is 13.1. The van der Waals surface area contributed by atoms with Gasteiger partial charge in [0.1, 0.15) is 0 Å². The number of rotatable bonds is 47. The molecule has 1 fully saturated rings. The van der Waals surface area contributed by atoms with Crippen molar-refractivity contribution in [1.29, 1.82) is 0 Å². The third-order valence-corrected chi connectivity index (χ3v) is 13.7. The fraction of sp³-hybridized carbons (Fsp3) is 0.945. The van der Waals surface area contributed by atoms with Gasteiger partial charge in [-0.3, -0.25) is 14.4 Å². The molecule has 0 atom stereocenters. The molecule has 62 heavy (non-hydrogen) atoms. The summed E-state index contributed by atoms with van der Waals surface area (Å²) >= 11 is 0. The summed E-state index contributed by atoms with van der Waals surface area (Å²) in [5.41, 5.74) is 0. The van der Waals surface area contributed by atoms with Crippen LogP contribution >= 0.6 is 0 Å². The van der Waals surface area contributed by atoms with Crippen molar-refractivity contribution in [3.63, 3.8) is 0 Å². The lowest BCUT2D eigenvalue weighted by molar-refractivity contribution is -0.144. The third kappa shape index (κ3) is 36.7. The second kappa shape index (κ2) is 44.6. The standard InChI is InChI=1S/C55H106N2O5/c1-5-9-13-23-35-51(36-24-14-10-6-2)39-33-49-61-54(59)41-27-19-17-21-29-46-57(53(58)43-48-56-44-31-32-45-56)47-30-22-18-20-28-42-55(60)62-50-34-40-52(37-25-15-11-7-3)38-26-16-12-8-4/h51-52H,5-50H2,1-4H3. The number of carbonyl (C=O) groups is 3. The van der Waals surface area contributed by atoms with E-state index in [0.29, 0.717) is 38.4 Å². The highest BCUT2D eigenvalue weighted by Gasteiger charge is 2.18. The van der Waals surface area contributed by atoms with Crippen molar-refractivity contribution < 1.29 is 23.9 Å². The van der Waals surface area contributed by atoms with Gasteiger partial charge in [0.2, 0.25) is 5.91 Å². The highest BCUT2D eigenvalue weighted by atomic mass is 16.5. The average molecular weight is 875 g/mol. The molecule has 1 aliphatic heterocycles. The van der Waals surface area contributed by atoms with E-state index in [1.807, 2.05) is 0 Å². The number of carbonyl (C=O) groups excluding carboxylic acids is 3. The van der Waals surface area contributed by atoms with E-state index < -0.39 is 0 Å². The van der Waals surface area contributed by atoms with Crippen LogP contribution in [0, 0.1) is 11.8 Å². The Kier molecular flexibility index (Phi) is 42.0. The van der Waals surface area contributed by atoms with Gasteiger partial charge in [-0.15, -0.1) is 0 Å². The fourth-order valence-corrected chi connectivity index (χ4v) is 9.55. The van der Waals surface area contributed by atoms with Crippen LogP contribution in [0.15, 0.2) is 0 Å². The minimum absolute atomic E-state index is 0.0300. The molecule has 0 bridgehead atoms. The largest absolute Gasteiger partial charge is 0.466 e. The SMILES string of the molecule is CCCCCCC(CCCCCC)CCCOC(=O)CCCCCCCN(CCCCCCCC(=O)OCCCC(CCCCCC)CCCCCC)C(=O)CCN1CCCC1. The highest BCUT2D eigenvalue weighted by molar-refractivity contribution is 5.76. The van der Waals surface area contributed by atoms with Gasteiger partial charge in [0, 0.05) is 38.9 Å². The average Bonchev–Trinajstić information content (AvgIpc) is 3.80. The Balaban J connectivity index is 2.26. The van der Waals surface area contributed by atoms with Gasteiger partial charge >= 0.3 is 11.9 Å². The second-order valence-electron chi connectivity index (χ2n) is 19.6. The van der Waals surface area contributed by atoms with Gasteiger partial charge in [0.25, 0.3) is 0 Å². The summed E-state index contributed by atoms with van der Waals surface area (Å²) in [7, 11) is 0. The van der Waals surface area contributed by atoms with Gasteiger partial charge < -0.3 is 19.3 Å². The minimum Gasteiger partial charge on any atom is -0.466 e. The van der Waals surface area contributed by atoms with Crippen LogP contribution in [0.3, 0.4) is 0 Å². The molecule has 7 heteroatoms. The molecule has 1 rings (SSSR count). The molecule has 1 aliphatic rings. The maximum absolute atomic E-state index is 13.4. The Labute approximate surface area is 386 Å². The lowest BCUT2D eigenvalue weighted by Crippen LogP contribution is -2.35. The predicted octanol–water partition coefficient (Wildman–Crippen LogP) is 15.7. The van der Waals surface area contributed by atoms with E-state index >= 15 is 0 Å². The molecule has 0 N–H and O–H groups in total. The molecule has 0 saturated carbocycles. The number of amides is 1. The Morgan fingerprint density at radius 1 is 0.419 bits per heavy atom. The van der Waals surface area contributed by atoms with Gasteiger partial charge in [0.15, 0.2) is 0 Å². The molecular formula is C55H106N2O5. The molecule has 0 aliphatic carbocycles. The summed E-state index contributed by atoms with van der Waals surface area (Å²) in [4.78, 5) is 42.8. The molecule has 1 amide bonds. The molecular weight excluding hydrogens is 769 g/mol. The van der Waals surface area contributed by atoms with Crippen molar-refractivity contribution >= 4 is 17.8 Å². The first-order valence-electron chi connectivity index (χ1n) is 27.7. The smallest absolute Gasteiger partial charge is 0.305 e. The number of hydrogen-bond acceptors (Lipinski definition) is 6. The third-order valence-electron chi connectivity index (χ3n) is 13.7. The van der Waals surface area contributed by atoms with Crippen LogP contribution in [-0.2, 0) is 23.9 Å². The van der Waals surface area contributed by atoms with E-state index in [9.17, 15) is 14.4 Å². The van der Waals surface area contributed by atoms with Crippen molar-refractivity contribution in [1.82, 2.24) is 9.80 Å². The molecule has 1 saturated heterocycles. The van der Waals surface area contributed by atoms with Gasteiger partial charge in [-0.1, -0.05) is 195 Å². The topological polar surface area (TPSA) is 76.1 Å². The van der Waals surface area contributed by atoms with E-state index in [0.717, 1.165) is 122 Å². The van der Waals surface area contributed by atoms with E-state index in [4.69, 9.17) is 9.47 Å². The van der Waals surface area contributed by atoms with Crippen LogP contribution in [-0.4, -0.2) is 73.6 Å². The highest BCUT2D eigenvalue weighted by Crippen LogP contribution is 2.25. The Morgan fingerprint density at radius 3 is 1.15 bits per heavy atom. The zero-order chi connectivity index (χ0) is 45.0. The molecule has 7 nitrogen and oxygen atoms in total. The van der Waals surface area contributed by atoms with Gasteiger partial charge in [-0.05, 0) is 89.1 Å². The molecule has 0 aromatic heterocycles. The fourth-order valence-electron chi connectivity index (χ4n) is 9.55. The molecule has 0 unspecified atom stereocenters. The lowest BCUT2D eigenvalue weighted by Gasteiger charge is -2.24. The van der Waals surface area contributed by atoms with E-state index in [1.165, 1.54) is 154 Å². The summed E-state index contributed by atoms with van der Waals surface area (Å²) in [6, 6.07) is 0. The van der Waals surface area contributed by atoms with Crippen LogP contribution < -0.4 is 0 Å². The number of esters is 2. The molecule has 1 heterocycles. The van der Waals surface area contributed by atoms with Crippen molar-refractivity contribution in [2.75, 3.05) is 45.9 Å². The van der Waals surface area contributed by atoms with Gasteiger partial charge in [0.05, 0.1) is 13.2 Å². The maximum atomic E-state index is 13.4. The zero-order valence-corrected chi connectivity index (χ0v) is 42.1. The summed E-state index contributed by atoms with van der Waals surface area (Å²) in [6.45, 7) is 15.1. The molecule has 0 aromatic carbocycles. The van der Waals surface area contributed by atoms with E-state index in [2.05, 4.69) is 37.5 Å². The quantitative estimate of drug-likeness (QED) is 0.0448. The first-order valence-corrected chi connectivity index (χ1v) is 27.7. The number of nitrogens with zero attached hydrogens (tertiary/aromatic N) is 2. The second-order valence-corrected chi connectivity index (χ2v) is 19.6. The number of hydrogen-bond donors (Lipinski definition) is 0. The summed E-state index contributed by atoms with van der Waals surface area (Å²) in [5, 5.41) is 0. The zero-order valence-electron chi connectivity index (χ0n) is 42.1. The number of unbranched alkanes of at least 4 members (excludes halogenated alkanes) is 20. The molecule has 0 radical (unpaired) electrons. The Hall–Kier alpha value is -1.63. The van der Waals surface area contributed by atoms with Crippen LogP contribution in [0.2, 0.25) is 0 Å². The first kappa shape index (κ1) is 58.4. The lowest BCUT2D eigenvalue weighted by atomic mass is 9.91. The number of ether oxygens (including phenoxy) is 2. The summed E-state index contributed by atoms with van der Waals surface area (Å²) in [6.07, 6.45) is 45.6. The first-order chi connectivity index (χ1) is 30.4. The van der Waals surface area contributed by atoms with Crippen LogP contribution in [0.5, 0.6) is 0 Å². The minimum atomic E-state index is -0.0300. The van der Waals surface area contributed by atoms with Crippen LogP contribution in [0.1, 0.15) is 278 Å². The monoisotopic (exact) mass is 875 g/mol. The molecule has 366 valence electrons. The van der Waals surface area contributed by atoms with E-state index in [1.54, 1.807) is 0 Å². The molecule has 0 spiro atoms. The summed E-state index contributed by atoms with van der Waals surface area (Å²) in [5.74, 6) is 1.83. The van der Waals surface area contributed by atoms with E-state index in [-0.39, 0.29) is 11.9 Å². The van der Waals surface area contributed by atoms with Crippen molar-refractivity contribution in [2.24, 2.45) is 11.8 Å². The maximum Gasteiger partial charge on any atom is 0.305 e. The van der Waals surface area contributed by atoms with Crippen LogP contribution in [0.25, 0.3) is 0 Å². The van der Waals surface area contributed by atoms with Crippen LogP contribution in [0.4, 0.5) is 0 Å². The van der Waals surface area contributed by atoms with Gasteiger partial charge in [-0.25, -0.2) is 0 Å². The van der Waals surface area contributed by atoms with Crippen molar-refractivity contribution in [2.45, 2.75) is 278 Å². The Morgan fingerprint density at radius 2 is 0.758 bits per heavy atom. The van der Waals surface area contributed by atoms with Gasteiger partial charge in [-0.2, -0.15) is 0 Å². The number of likely N-dealkylation sites (tertiary alicyclic amines) is 1. The molecule has 0 aromatic rings. The predicted molar refractivity (Wildman–Crippen MR) is 265 cm³/mol. The summed E-state index contributed by atoms with van der Waals surface area (Å²) < 4.78 is 11.3. The Bertz CT molecular complexity index is 914.